The highest BCUT2D eigenvalue weighted by atomic mass is 19.4. The summed E-state index contributed by atoms with van der Waals surface area (Å²) in [6.45, 7) is 1.86. The lowest BCUT2D eigenvalue weighted by Gasteiger charge is -2.31. The number of anilines is 1. The lowest BCUT2D eigenvalue weighted by atomic mass is 9.94. The molecule has 2 unspecified atom stereocenters. The number of nitrogens with one attached hydrogen (secondary N) is 3. The number of halogens is 3. The third-order valence-corrected chi connectivity index (χ3v) is 5.06. The molecule has 0 spiro atoms. The van der Waals surface area contributed by atoms with Crippen LogP contribution in [0.3, 0.4) is 0 Å². The van der Waals surface area contributed by atoms with E-state index in [1.807, 2.05) is 36.4 Å². The number of hydrogen-bond acceptors (Lipinski definition) is 5. The van der Waals surface area contributed by atoms with Gasteiger partial charge in [-0.1, -0.05) is 30.3 Å². The second-order valence-corrected chi connectivity index (χ2v) is 7.17. The van der Waals surface area contributed by atoms with Gasteiger partial charge in [0.1, 0.15) is 17.8 Å². The van der Waals surface area contributed by atoms with Crippen LogP contribution in [0.1, 0.15) is 30.1 Å². The van der Waals surface area contributed by atoms with Gasteiger partial charge in [-0.3, -0.25) is 0 Å². The Hall–Kier alpha value is -2.87. The maximum Gasteiger partial charge on any atom is 0.416 e. The van der Waals surface area contributed by atoms with E-state index in [4.69, 9.17) is 0 Å². The average Bonchev–Trinajstić information content (AvgIpc) is 2.74. The van der Waals surface area contributed by atoms with E-state index in [9.17, 15) is 13.2 Å². The summed E-state index contributed by atoms with van der Waals surface area (Å²) in [4.78, 5) is 8.69. The molecule has 3 N–H and O–H groups in total. The van der Waals surface area contributed by atoms with E-state index in [1.165, 1.54) is 0 Å². The summed E-state index contributed by atoms with van der Waals surface area (Å²) in [7, 11) is 0. The molecule has 1 fully saturated rings. The Kier molecular flexibility index (Phi) is 5.53. The summed E-state index contributed by atoms with van der Waals surface area (Å²) in [5, 5.41) is 9.85. The Bertz CT molecular complexity index is 902. The van der Waals surface area contributed by atoms with Crippen LogP contribution in [-0.2, 0) is 6.18 Å². The fourth-order valence-electron chi connectivity index (χ4n) is 3.58. The number of hydrogen-bond donors (Lipinski definition) is 3. The third-order valence-electron chi connectivity index (χ3n) is 5.06. The van der Waals surface area contributed by atoms with E-state index in [0.717, 1.165) is 55.5 Å². The van der Waals surface area contributed by atoms with Crippen LogP contribution in [0, 0.1) is 5.92 Å². The van der Waals surface area contributed by atoms with Crippen LogP contribution in [0.2, 0.25) is 0 Å². The highest BCUT2D eigenvalue weighted by Gasteiger charge is 2.31. The van der Waals surface area contributed by atoms with E-state index in [-0.39, 0.29) is 12.0 Å². The number of aliphatic imine (C=N–C) groups is 1. The first-order valence-corrected chi connectivity index (χ1v) is 9.61. The molecule has 1 aromatic heterocycles. The Morgan fingerprint density at radius 1 is 1.10 bits per heavy atom. The van der Waals surface area contributed by atoms with Crippen LogP contribution in [-0.4, -0.2) is 23.9 Å². The molecule has 1 saturated heterocycles. The molecular formula is C21H22F3N5. The van der Waals surface area contributed by atoms with Crippen LogP contribution in [0.15, 0.2) is 65.4 Å². The van der Waals surface area contributed by atoms with Gasteiger partial charge >= 0.3 is 6.18 Å². The predicted molar refractivity (Wildman–Crippen MR) is 106 cm³/mol. The van der Waals surface area contributed by atoms with Crippen LogP contribution in [0.5, 0.6) is 0 Å². The number of alkyl halides is 3. The van der Waals surface area contributed by atoms with E-state index >= 15 is 0 Å². The molecule has 2 aliphatic rings. The van der Waals surface area contributed by atoms with Crippen molar-refractivity contribution in [2.24, 2.45) is 10.9 Å². The van der Waals surface area contributed by atoms with Gasteiger partial charge in [-0.05, 0) is 43.2 Å². The van der Waals surface area contributed by atoms with Crippen molar-refractivity contribution in [2.45, 2.75) is 25.2 Å². The molecule has 4 rings (SSSR count). The van der Waals surface area contributed by atoms with E-state index in [1.54, 1.807) is 0 Å². The molecule has 2 aromatic rings. The summed E-state index contributed by atoms with van der Waals surface area (Å²) >= 11 is 0. The van der Waals surface area contributed by atoms with Crippen LogP contribution in [0.4, 0.5) is 19.0 Å². The van der Waals surface area contributed by atoms with Crippen LogP contribution >= 0.6 is 0 Å². The highest BCUT2D eigenvalue weighted by Crippen LogP contribution is 2.30. The first-order valence-electron chi connectivity index (χ1n) is 9.61. The number of nitrogens with zero attached hydrogens (tertiary/aromatic N) is 2. The molecule has 0 saturated carbocycles. The Balaban J connectivity index is 1.63. The van der Waals surface area contributed by atoms with E-state index in [0.29, 0.717) is 11.8 Å². The van der Waals surface area contributed by atoms with Gasteiger partial charge in [-0.2, -0.15) is 13.2 Å². The first-order chi connectivity index (χ1) is 14.0. The number of piperidine rings is 1. The number of amidine groups is 1. The molecule has 0 radical (unpaired) electrons. The van der Waals surface area contributed by atoms with Gasteiger partial charge in [0.05, 0.1) is 5.56 Å². The largest absolute Gasteiger partial charge is 0.416 e. The summed E-state index contributed by atoms with van der Waals surface area (Å²) in [6, 6.07) is 11.7. The minimum absolute atomic E-state index is 0.115. The molecular weight excluding hydrogens is 379 g/mol. The highest BCUT2D eigenvalue weighted by molar-refractivity contribution is 6.04. The van der Waals surface area contributed by atoms with Gasteiger partial charge in [0.15, 0.2) is 0 Å². The minimum Gasteiger partial charge on any atom is -0.363 e. The Labute approximate surface area is 167 Å². The topological polar surface area (TPSA) is 61.3 Å². The zero-order valence-electron chi connectivity index (χ0n) is 15.7. The van der Waals surface area contributed by atoms with Gasteiger partial charge in [-0.15, -0.1) is 0 Å². The van der Waals surface area contributed by atoms with Gasteiger partial charge in [0.2, 0.25) is 0 Å². The molecule has 0 bridgehead atoms. The second-order valence-electron chi connectivity index (χ2n) is 7.17. The van der Waals surface area contributed by atoms with E-state index in [2.05, 4.69) is 25.9 Å². The van der Waals surface area contributed by atoms with Crippen molar-refractivity contribution in [1.82, 2.24) is 15.6 Å². The molecule has 152 valence electrons. The summed E-state index contributed by atoms with van der Waals surface area (Å²) in [6.07, 6.45) is 0.413. The SMILES string of the molecule is FC(F)(F)c1ccnc(NC2=NC(c3ccccc3)NC(C3CCCNC3)=C2)c1. The molecule has 3 heterocycles. The van der Waals surface area contributed by atoms with Crippen molar-refractivity contribution in [3.8, 4) is 0 Å². The number of pyridine rings is 1. The minimum atomic E-state index is -4.42. The maximum absolute atomic E-state index is 13.0. The average molecular weight is 401 g/mol. The molecule has 29 heavy (non-hydrogen) atoms. The zero-order valence-corrected chi connectivity index (χ0v) is 15.7. The van der Waals surface area contributed by atoms with E-state index < -0.39 is 11.7 Å². The molecule has 2 aliphatic heterocycles. The van der Waals surface area contributed by atoms with Crippen molar-refractivity contribution in [3.63, 3.8) is 0 Å². The van der Waals surface area contributed by atoms with Crippen molar-refractivity contribution in [3.05, 3.63) is 71.6 Å². The monoisotopic (exact) mass is 401 g/mol. The molecule has 0 amide bonds. The molecule has 5 nitrogen and oxygen atoms in total. The van der Waals surface area contributed by atoms with Crippen LogP contribution in [0.25, 0.3) is 0 Å². The summed E-state index contributed by atoms with van der Waals surface area (Å²) < 4.78 is 39.1. The number of benzene rings is 1. The maximum atomic E-state index is 13.0. The molecule has 8 heteroatoms. The van der Waals surface area contributed by atoms with Gasteiger partial charge in [0, 0.05) is 24.4 Å². The standard InChI is InChI=1S/C21H22F3N5/c22-21(23,24)16-8-10-26-18(11-16)28-19-12-17(15-7-4-9-25-13-15)27-20(29-19)14-5-2-1-3-6-14/h1-3,5-6,8,10-12,15,20,25,27H,4,7,9,13H2,(H,26,28,29). The molecule has 2 atom stereocenters. The Morgan fingerprint density at radius 3 is 2.66 bits per heavy atom. The van der Waals surface area contributed by atoms with Gasteiger partial charge in [0.25, 0.3) is 0 Å². The van der Waals surface area contributed by atoms with Crippen molar-refractivity contribution < 1.29 is 13.2 Å². The fraction of sp³-hybridized carbons (Fsp3) is 0.333. The summed E-state index contributed by atoms with van der Waals surface area (Å²) in [5.41, 5.74) is 1.26. The lowest BCUT2D eigenvalue weighted by molar-refractivity contribution is -0.137. The van der Waals surface area contributed by atoms with Crippen molar-refractivity contribution >= 4 is 11.7 Å². The third kappa shape index (κ3) is 4.76. The van der Waals surface area contributed by atoms with Crippen molar-refractivity contribution in [1.29, 1.82) is 0 Å². The first kappa shape index (κ1) is 19.4. The normalized spacial score (nSPS) is 22.3. The van der Waals surface area contributed by atoms with Crippen molar-refractivity contribution in [2.75, 3.05) is 18.4 Å². The smallest absolute Gasteiger partial charge is 0.363 e. The second kappa shape index (κ2) is 8.24. The zero-order chi connectivity index (χ0) is 20.3. The lowest BCUT2D eigenvalue weighted by Crippen LogP contribution is -2.38. The predicted octanol–water partition coefficient (Wildman–Crippen LogP) is 4.10. The van der Waals surface area contributed by atoms with Gasteiger partial charge in [-0.25, -0.2) is 9.98 Å². The van der Waals surface area contributed by atoms with Crippen LogP contribution < -0.4 is 16.0 Å². The van der Waals surface area contributed by atoms with Gasteiger partial charge < -0.3 is 16.0 Å². The fourth-order valence-corrected chi connectivity index (χ4v) is 3.58. The summed E-state index contributed by atoms with van der Waals surface area (Å²) in [5.74, 6) is 0.909. The molecule has 0 aliphatic carbocycles. The quantitative estimate of drug-likeness (QED) is 0.725. The number of rotatable bonds is 3. The number of aromatic nitrogens is 1. The Morgan fingerprint density at radius 2 is 1.93 bits per heavy atom. The molecule has 1 aromatic carbocycles.